The van der Waals surface area contributed by atoms with Gasteiger partial charge in [-0.25, -0.2) is 8.42 Å². The number of nitrogens with two attached hydrogens (primary N) is 1. The Bertz CT molecular complexity index is 649. The van der Waals surface area contributed by atoms with Gasteiger partial charge in [0.2, 0.25) is 0 Å². The second kappa shape index (κ2) is 6.73. The molecule has 116 valence electrons. The van der Waals surface area contributed by atoms with Gasteiger partial charge < -0.3 is 10.6 Å². The molecule has 0 bridgehead atoms. The summed E-state index contributed by atoms with van der Waals surface area (Å²) in [7, 11) is -3.17. The van der Waals surface area contributed by atoms with E-state index in [1.54, 1.807) is 36.9 Å². The SMILES string of the molecule is CCS(=O)(=O)C1CSCCN1c1ccc(C(N)=S)cc1Cl. The van der Waals surface area contributed by atoms with Crippen molar-refractivity contribution < 1.29 is 8.42 Å². The van der Waals surface area contributed by atoms with Crippen LogP contribution in [-0.2, 0) is 9.84 Å². The van der Waals surface area contributed by atoms with E-state index in [9.17, 15) is 8.42 Å². The number of hydrogen-bond donors (Lipinski definition) is 1. The van der Waals surface area contributed by atoms with Crippen LogP contribution in [0.5, 0.6) is 0 Å². The van der Waals surface area contributed by atoms with Gasteiger partial charge >= 0.3 is 0 Å². The highest BCUT2D eigenvalue weighted by Gasteiger charge is 2.33. The van der Waals surface area contributed by atoms with E-state index in [-0.39, 0.29) is 10.7 Å². The molecule has 0 saturated carbocycles. The Hall–Kier alpha value is -0.500. The second-order valence-electron chi connectivity index (χ2n) is 4.70. The van der Waals surface area contributed by atoms with Crippen molar-refractivity contribution in [1.82, 2.24) is 0 Å². The van der Waals surface area contributed by atoms with Crippen LogP contribution < -0.4 is 10.6 Å². The van der Waals surface area contributed by atoms with Crippen molar-refractivity contribution in [2.45, 2.75) is 12.3 Å². The molecule has 0 spiro atoms. The maximum atomic E-state index is 12.3. The summed E-state index contributed by atoms with van der Waals surface area (Å²) in [6, 6.07) is 5.27. The quantitative estimate of drug-likeness (QED) is 0.827. The topological polar surface area (TPSA) is 63.4 Å². The molecule has 2 rings (SSSR count). The molecule has 1 fully saturated rings. The molecule has 1 heterocycles. The van der Waals surface area contributed by atoms with Crippen molar-refractivity contribution >= 4 is 56.1 Å². The van der Waals surface area contributed by atoms with E-state index in [4.69, 9.17) is 29.6 Å². The molecule has 1 aliphatic rings. The minimum absolute atomic E-state index is 0.122. The maximum Gasteiger partial charge on any atom is 0.171 e. The number of benzene rings is 1. The summed E-state index contributed by atoms with van der Waals surface area (Å²) >= 11 is 12.9. The van der Waals surface area contributed by atoms with Crippen LogP contribution >= 0.6 is 35.6 Å². The van der Waals surface area contributed by atoms with Crippen molar-refractivity contribution in [3.05, 3.63) is 28.8 Å². The third kappa shape index (κ3) is 3.64. The van der Waals surface area contributed by atoms with Gasteiger partial charge in [-0.05, 0) is 18.2 Å². The number of thiocarbonyl (C=S) groups is 1. The molecular weight excluding hydrogens is 348 g/mol. The molecule has 0 aromatic heterocycles. The Kier molecular flexibility index (Phi) is 5.40. The van der Waals surface area contributed by atoms with Gasteiger partial charge in [0, 0.05) is 29.4 Å². The van der Waals surface area contributed by atoms with E-state index < -0.39 is 15.2 Å². The second-order valence-corrected chi connectivity index (χ2v) is 9.15. The van der Waals surface area contributed by atoms with Gasteiger partial charge in [-0.1, -0.05) is 30.7 Å². The summed E-state index contributed by atoms with van der Waals surface area (Å²) in [6.07, 6.45) is 0. The van der Waals surface area contributed by atoms with Crippen LogP contribution in [0.15, 0.2) is 18.2 Å². The molecule has 1 unspecified atom stereocenters. The number of sulfone groups is 1. The van der Waals surface area contributed by atoms with Crippen molar-refractivity contribution in [3.8, 4) is 0 Å². The van der Waals surface area contributed by atoms with E-state index in [0.717, 1.165) is 11.4 Å². The zero-order chi connectivity index (χ0) is 15.6. The first kappa shape index (κ1) is 16.9. The Morgan fingerprint density at radius 3 is 2.86 bits per heavy atom. The molecule has 1 atom stereocenters. The van der Waals surface area contributed by atoms with Gasteiger partial charge in [-0.3, -0.25) is 0 Å². The maximum absolute atomic E-state index is 12.3. The predicted octanol–water partition coefficient (Wildman–Crippen LogP) is 2.29. The molecule has 1 aromatic rings. The van der Waals surface area contributed by atoms with Gasteiger partial charge in [0.15, 0.2) is 9.84 Å². The first-order valence-corrected chi connectivity index (χ1v) is 10.2. The number of hydrogen-bond acceptors (Lipinski definition) is 5. The van der Waals surface area contributed by atoms with Gasteiger partial charge in [-0.15, -0.1) is 0 Å². The lowest BCUT2D eigenvalue weighted by Crippen LogP contribution is -2.48. The molecule has 1 aromatic carbocycles. The zero-order valence-electron chi connectivity index (χ0n) is 11.6. The molecule has 0 aliphatic carbocycles. The largest absolute Gasteiger partial charge is 0.389 e. The van der Waals surface area contributed by atoms with Crippen molar-refractivity contribution in [2.24, 2.45) is 5.73 Å². The average molecular weight is 365 g/mol. The Morgan fingerprint density at radius 1 is 1.57 bits per heavy atom. The van der Waals surface area contributed by atoms with Crippen LogP contribution in [0.1, 0.15) is 12.5 Å². The fraction of sp³-hybridized carbons (Fsp3) is 0.462. The fourth-order valence-electron chi connectivity index (χ4n) is 2.24. The Morgan fingerprint density at radius 2 is 2.29 bits per heavy atom. The molecular formula is C13H17ClN2O2S3. The minimum atomic E-state index is -3.17. The number of halogens is 1. The van der Waals surface area contributed by atoms with E-state index in [1.165, 1.54) is 0 Å². The first-order chi connectivity index (χ1) is 9.86. The zero-order valence-corrected chi connectivity index (χ0v) is 14.8. The lowest BCUT2D eigenvalue weighted by atomic mass is 10.2. The molecule has 21 heavy (non-hydrogen) atoms. The number of nitrogens with zero attached hydrogens (tertiary/aromatic N) is 1. The standard InChI is InChI=1S/C13H17ClN2O2S3/c1-2-21(17,18)12-8-20-6-5-16(12)11-4-3-9(13(15)19)7-10(11)14/h3-4,7,12H,2,5-6,8H2,1H3,(H2,15,19). The lowest BCUT2D eigenvalue weighted by molar-refractivity contribution is 0.579. The van der Waals surface area contributed by atoms with Crippen LogP contribution in [0.2, 0.25) is 5.02 Å². The third-order valence-corrected chi connectivity index (χ3v) is 7.27. The molecule has 1 aliphatic heterocycles. The first-order valence-electron chi connectivity index (χ1n) is 6.52. The van der Waals surface area contributed by atoms with Crippen LogP contribution in [0.4, 0.5) is 5.69 Å². The highest BCUT2D eigenvalue weighted by Crippen LogP contribution is 2.33. The number of rotatable bonds is 4. The van der Waals surface area contributed by atoms with Gasteiger partial charge in [-0.2, -0.15) is 11.8 Å². The van der Waals surface area contributed by atoms with Crippen LogP contribution in [0.3, 0.4) is 0 Å². The van der Waals surface area contributed by atoms with Crippen molar-refractivity contribution in [1.29, 1.82) is 0 Å². The van der Waals surface area contributed by atoms with Gasteiger partial charge in [0.05, 0.1) is 10.7 Å². The fourth-order valence-corrected chi connectivity index (χ4v) is 5.64. The summed E-state index contributed by atoms with van der Waals surface area (Å²) in [6.45, 7) is 2.32. The van der Waals surface area contributed by atoms with Crippen molar-refractivity contribution in [2.75, 3.05) is 28.7 Å². The summed E-state index contributed by atoms with van der Waals surface area (Å²) in [5, 5.41) is -0.0575. The molecule has 8 heteroatoms. The molecule has 4 nitrogen and oxygen atoms in total. The number of thioether (sulfide) groups is 1. The predicted molar refractivity (Wildman–Crippen MR) is 95.3 cm³/mol. The normalized spacial score (nSPS) is 19.5. The van der Waals surface area contributed by atoms with Gasteiger partial charge in [0.1, 0.15) is 10.4 Å². The van der Waals surface area contributed by atoms with E-state index in [0.29, 0.717) is 22.9 Å². The van der Waals surface area contributed by atoms with Crippen molar-refractivity contribution in [3.63, 3.8) is 0 Å². The Labute approximate surface area is 139 Å². The van der Waals surface area contributed by atoms with Crippen LogP contribution in [-0.4, -0.2) is 42.6 Å². The Balaban J connectivity index is 2.40. The smallest absolute Gasteiger partial charge is 0.171 e. The van der Waals surface area contributed by atoms with Crippen LogP contribution in [0, 0.1) is 0 Å². The molecule has 1 saturated heterocycles. The molecule has 2 N–H and O–H groups in total. The lowest BCUT2D eigenvalue weighted by Gasteiger charge is -2.37. The minimum Gasteiger partial charge on any atom is -0.389 e. The van der Waals surface area contributed by atoms with E-state index in [2.05, 4.69) is 0 Å². The summed E-state index contributed by atoms with van der Waals surface area (Å²) < 4.78 is 24.6. The summed E-state index contributed by atoms with van der Waals surface area (Å²) in [5.41, 5.74) is 6.99. The average Bonchev–Trinajstić information content (AvgIpc) is 2.47. The monoisotopic (exact) mass is 364 g/mol. The van der Waals surface area contributed by atoms with Crippen LogP contribution in [0.25, 0.3) is 0 Å². The number of anilines is 1. The highest BCUT2D eigenvalue weighted by atomic mass is 35.5. The molecule has 0 radical (unpaired) electrons. The summed E-state index contributed by atoms with van der Waals surface area (Å²) in [4.78, 5) is 2.15. The third-order valence-electron chi connectivity index (χ3n) is 3.44. The van der Waals surface area contributed by atoms with Gasteiger partial charge in [0.25, 0.3) is 0 Å². The van der Waals surface area contributed by atoms with E-state index in [1.807, 2.05) is 4.90 Å². The van der Waals surface area contributed by atoms with E-state index >= 15 is 0 Å². The molecule has 0 amide bonds. The highest BCUT2D eigenvalue weighted by molar-refractivity contribution is 8.01. The summed E-state index contributed by atoms with van der Waals surface area (Å²) in [5.74, 6) is 1.56.